The van der Waals surface area contributed by atoms with Crippen molar-refractivity contribution in [1.82, 2.24) is 5.32 Å². The van der Waals surface area contributed by atoms with E-state index in [2.05, 4.69) is 21.2 Å². The first-order valence-corrected chi connectivity index (χ1v) is 8.31. The lowest BCUT2D eigenvalue weighted by Gasteiger charge is -2.22. The molecule has 0 aromatic heterocycles. The van der Waals surface area contributed by atoms with Gasteiger partial charge in [0.15, 0.2) is 0 Å². The van der Waals surface area contributed by atoms with E-state index in [9.17, 15) is 14.0 Å². The highest BCUT2D eigenvalue weighted by Gasteiger charge is 2.17. The molecule has 0 spiro atoms. The smallest absolute Gasteiger partial charge is 0.240 e. The monoisotopic (exact) mass is 392 g/mol. The van der Waals surface area contributed by atoms with Crippen molar-refractivity contribution >= 4 is 33.4 Å². The molecule has 0 heterocycles. The second-order valence-electron chi connectivity index (χ2n) is 5.25. The van der Waals surface area contributed by atoms with E-state index in [1.54, 1.807) is 36.4 Å². The summed E-state index contributed by atoms with van der Waals surface area (Å²) in [5, 5.41) is 2.72. The van der Waals surface area contributed by atoms with Gasteiger partial charge in [-0.3, -0.25) is 9.59 Å². The molecule has 0 saturated heterocycles. The Kier molecular flexibility index (Phi) is 6.49. The molecule has 6 heteroatoms. The summed E-state index contributed by atoms with van der Waals surface area (Å²) in [6.45, 7) is 1.63. The van der Waals surface area contributed by atoms with Crippen LogP contribution < -0.4 is 10.2 Å². The minimum atomic E-state index is -0.294. The van der Waals surface area contributed by atoms with Crippen LogP contribution in [0.25, 0.3) is 0 Å². The van der Waals surface area contributed by atoms with E-state index in [1.807, 2.05) is 6.07 Å². The molecule has 0 aliphatic heterocycles. The Labute approximate surface area is 148 Å². The van der Waals surface area contributed by atoms with Gasteiger partial charge in [0.05, 0.1) is 5.69 Å². The van der Waals surface area contributed by atoms with Crippen molar-refractivity contribution in [2.24, 2.45) is 0 Å². The van der Waals surface area contributed by atoms with Crippen LogP contribution in [0.2, 0.25) is 0 Å². The first-order chi connectivity index (χ1) is 11.5. The first-order valence-electron chi connectivity index (χ1n) is 7.52. The van der Waals surface area contributed by atoms with Crippen molar-refractivity contribution in [2.45, 2.75) is 13.3 Å². The SMILES string of the molecule is CC(=O)N(CC(=O)NCCc1ccccc1F)c1ccccc1Br. The number of nitrogens with zero attached hydrogens (tertiary/aromatic N) is 1. The number of anilines is 1. The number of para-hydroxylation sites is 1. The lowest BCUT2D eigenvalue weighted by molar-refractivity contribution is -0.123. The molecule has 2 amide bonds. The normalized spacial score (nSPS) is 10.3. The summed E-state index contributed by atoms with van der Waals surface area (Å²) >= 11 is 3.38. The second kappa shape index (κ2) is 8.59. The molecule has 126 valence electrons. The summed E-state index contributed by atoms with van der Waals surface area (Å²) < 4.78 is 14.3. The Morgan fingerprint density at radius 1 is 1.12 bits per heavy atom. The molecule has 2 aromatic carbocycles. The van der Waals surface area contributed by atoms with Crippen molar-refractivity contribution in [3.05, 3.63) is 64.4 Å². The standard InChI is InChI=1S/C18H18BrFN2O2/c1-13(23)22(17-9-5-3-7-15(17)19)12-18(24)21-11-10-14-6-2-4-8-16(14)20/h2-9H,10-12H2,1H3,(H,21,24). The third-order valence-electron chi connectivity index (χ3n) is 3.50. The third kappa shape index (κ3) is 4.89. The predicted molar refractivity (Wildman–Crippen MR) is 95.3 cm³/mol. The number of benzene rings is 2. The maximum atomic E-state index is 13.5. The van der Waals surface area contributed by atoms with Crippen LogP contribution in [0.15, 0.2) is 53.0 Å². The largest absolute Gasteiger partial charge is 0.354 e. The van der Waals surface area contributed by atoms with Crippen LogP contribution in [0, 0.1) is 5.82 Å². The third-order valence-corrected chi connectivity index (χ3v) is 4.17. The zero-order valence-corrected chi connectivity index (χ0v) is 14.8. The van der Waals surface area contributed by atoms with Crippen LogP contribution in [-0.2, 0) is 16.0 Å². The van der Waals surface area contributed by atoms with Gasteiger partial charge in [-0.25, -0.2) is 4.39 Å². The van der Waals surface area contributed by atoms with Gasteiger partial charge >= 0.3 is 0 Å². The van der Waals surface area contributed by atoms with E-state index >= 15 is 0 Å². The van der Waals surface area contributed by atoms with E-state index < -0.39 is 0 Å². The van der Waals surface area contributed by atoms with Crippen LogP contribution in [0.5, 0.6) is 0 Å². The summed E-state index contributed by atoms with van der Waals surface area (Å²) in [5.74, 6) is -0.811. The number of hydrogen-bond donors (Lipinski definition) is 1. The number of halogens is 2. The van der Waals surface area contributed by atoms with Crippen molar-refractivity contribution < 1.29 is 14.0 Å². The highest BCUT2D eigenvalue weighted by Crippen LogP contribution is 2.25. The minimum absolute atomic E-state index is 0.0881. The number of nitrogens with one attached hydrogen (secondary N) is 1. The van der Waals surface area contributed by atoms with Crippen molar-refractivity contribution in [2.75, 3.05) is 18.0 Å². The predicted octanol–water partition coefficient (Wildman–Crippen LogP) is 3.30. The van der Waals surface area contributed by atoms with E-state index in [0.717, 1.165) is 4.47 Å². The Balaban J connectivity index is 1.93. The maximum Gasteiger partial charge on any atom is 0.240 e. The summed E-state index contributed by atoms with van der Waals surface area (Å²) in [7, 11) is 0. The molecule has 0 aliphatic rings. The van der Waals surface area contributed by atoms with Crippen LogP contribution >= 0.6 is 15.9 Å². The minimum Gasteiger partial charge on any atom is -0.354 e. The van der Waals surface area contributed by atoms with E-state index in [1.165, 1.54) is 17.9 Å². The van der Waals surface area contributed by atoms with Crippen molar-refractivity contribution in [1.29, 1.82) is 0 Å². The summed E-state index contributed by atoms with van der Waals surface area (Å²) in [6, 6.07) is 13.7. The molecule has 0 unspecified atom stereocenters. The number of carbonyl (C=O) groups is 2. The Hall–Kier alpha value is -2.21. The maximum absolute atomic E-state index is 13.5. The molecule has 0 fully saturated rings. The second-order valence-corrected chi connectivity index (χ2v) is 6.10. The Bertz CT molecular complexity index is 736. The highest BCUT2D eigenvalue weighted by atomic mass is 79.9. The number of hydrogen-bond acceptors (Lipinski definition) is 2. The summed E-state index contributed by atoms with van der Waals surface area (Å²) in [5.41, 5.74) is 1.18. The molecule has 2 rings (SSSR count). The van der Waals surface area contributed by atoms with Gasteiger partial charge in [0.2, 0.25) is 11.8 Å². The molecule has 0 atom stereocenters. The Morgan fingerprint density at radius 2 is 1.79 bits per heavy atom. The fourth-order valence-electron chi connectivity index (χ4n) is 2.27. The molecule has 24 heavy (non-hydrogen) atoms. The first kappa shape index (κ1) is 18.1. The van der Waals surface area contributed by atoms with Gasteiger partial charge in [-0.15, -0.1) is 0 Å². The molecular formula is C18H18BrFN2O2. The molecule has 0 bridgehead atoms. The van der Waals surface area contributed by atoms with Gasteiger partial charge in [0.1, 0.15) is 12.4 Å². The average molecular weight is 393 g/mol. The van der Waals surface area contributed by atoms with Crippen LogP contribution in [-0.4, -0.2) is 24.9 Å². The quantitative estimate of drug-likeness (QED) is 0.819. The Morgan fingerprint density at radius 3 is 2.46 bits per heavy atom. The van der Waals surface area contributed by atoms with Gasteiger partial charge in [0.25, 0.3) is 0 Å². The molecular weight excluding hydrogens is 375 g/mol. The molecule has 4 nitrogen and oxygen atoms in total. The van der Waals surface area contributed by atoms with Gasteiger partial charge in [-0.1, -0.05) is 30.3 Å². The van der Waals surface area contributed by atoms with Gasteiger partial charge in [-0.05, 0) is 46.1 Å². The van der Waals surface area contributed by atoms with Crippen LogP contribution in [0.3, 0.4) is 0 Å². The van der Waals surface area contributed by atoms with Crippen molar-refractivity contribution in [3.8, 4) is 0 Å². The molecule has 0 aliphatic carbocycles. The molecule has 0 saturated carbocycles. The van der Waals surface area contributed by atoms with Gasteiger partial charge < -0.3 is 10.2 Å². The molecule has 1 N–H and O–H groups in total. The summed E-state index contributed by atoms with van der Waals surface area (Å²) in [4.78, 5) is 25.3. The fourth-order valence-corrected chi connectivity index (χ4v) is 2.77. The van der Waals surface area contributed by atoms with E-state index in [0.29, 0.717) is 24.2 Å². The molecule has 2 aromatic rings. The highest BCUT2D eigenvalue weighted by molar-refractivity contribution is 9.10. The van der Waals surface area contributed by atoms with E-state index in [4.69, 9.17) is 0 Å². The van der Waals surface area contributed by atoms with Gasteiger partial charge in [0, 0.05) is 17.9 Å². The zero-order chi connectivity index (χ0) is 17.5. The van der Waals surface area contributed by atoms with Crippen LogP contribution in [0.4, 0.5) is 10.1 Å². The van der Waals surface area contributed by atoms with Crippen molar-refractivity contribution in [3.63, 3.8) is 0 Å². The molecule has 0 radical (unpaired) electrons. The average Bonchev–Trinajstić information content (AvgIpc) is 2.55. The number of amides is 2. The fraction of sp³-hybridized carbons (Fsp3) is 0.222. The van der Waals surface area contributed by atoms with E-state index in [-0.39, 0.29) is 24.2 Å². The lowest BCUT2D eigenvalue weighted by Crippen LogP contribution is -2.40. The van der Waals surface area contributed by atoms with Gasteiger partial charge in [-0.2, -0.15) is 0 Å². The number of carbonyl (C=O) groups excluding carboxylic acids is 2. The van der Waals surface area contributed by atoms with Crippen LogP contribution in [0.1, 0.15) is 12.5 Å². The summed E-state index contributed by atoms with van der Waals surface area (Å²) in [6.07, 6.45) is 0.396. The zero-order valence-electron chi connectivity index (χ0n) is 13.3. The topological polar surface area (TPSA) is 49.4 Å². The lowest BCUT2D eigenvalue weighted by atomic mass is 10.1. The number of rotatable bonds is 6.